The van der Waals surface area contributed by atoms with Crippen LogP contribution >= 0.6 is 0 Å². The quantitative estimate of drug-likeness (QED) is 0.678. The first-order chi connectivity index (χ1) is 12.0. The molecule has 3 rings (SSSR count). The molecule has 0 aromatic heterocycles. The van der Waals surface area contributed by atoms with Crippen LogP contribution in [0.3, 0.4) is 0 Å². The van der Waals surface area contributed by atoms with Crippen LogP contribution in [0.1, 0.15) is 29.2 Å². The van der Waals surface area contributed by atoms with Crippen LogP contribution in [0.5, 0.6) is 5.75 Å². The lowest BCUT2D eigenvalue weighted by molar-refractivity contribution is -0.112. The van der Waals surface area contributed by atoms with Crippen LogP contribution in [0, 0.1) is 25.2 Å². The number of nitrogens with one attached hydrogen (secondary N) is 1. The standard InChI is InChI=1S/C21H20N2O2/c1-13-5-4-6-19(15(13)3)23-21(24)18(12-22)11-16-7-8-20-17(10-16)9-14(2)25-20/h4-8,10-11,14H,9H2,1-3H3,(H,23,24)/b18-11-/t14-/m1/s1. The van der Waals surface area contributed by atoms with Gasteiger partial charge < -0.3 is 10.1 Å². The molecule has 0 aliphatic carbocycles. The average molecular weight is 332 g/mol. The van der Waals surface area contributed by atoms with Crippen molar-refractivity contribution in [2.45, 2.75) is 33.3 Å². The summed E-state index contributed by atoms with van der Waals surface area (Å²) in [5, 5.41) is 12.2. The highest BCUT2D eigenvalue weighted by atomic mass is 16.5. The van der Waals surface area contributed by atoms with Gasteiger partial charge in [0.15, 0.2) is 0 Å². The smallest absolute Gasteiger partial charge is 0.266 e. The third-order valence-corrected chi connectivity index (χ3v) is 4.45. The number of nitrogens with zero attached hydrogens (tertiary/aromatic N) is 1. The van der Waals surface area contributed by atoms with E-state index >= 15 is 0 Å². The molecule has 0 spiro atoms. The van der Waals surface area contributed by atoms with Gasteiger partial charge in [0.25, 0.3) is 5.91 Å². The predicted octanol–water partition coefficient (Wildman–Crippen LogP) is 4.17. The fourth-order valence-corrected chi connectivity index (χ4v) is 2.92. The van der Waals surface area contributed by atoms with Crippen LogP contribution < -0.4 is 10.1 Å². The van der Waals surface area contributed by atoms with E-state index in [0.29, 0.717) is 0 Å². The molecule has 1 amide bonds. The maximum Gasteiger partial charge on any atom is 0.266 e. The monoisotopic (exact) mass is 332 g/mol. The molecule has 4 nitrogen and oxygen atoms in total. The summed E-state index contributed by atoms with van der Waals surface area (Å²) in [7, 11) is 0. The maximum absolute atomic E-state index is 12.5. The predicted molar refractivity (Wildman–Crippen MR) is 98.4 cm³/mol. The Morgan fingerprint density at radius 2 is 2.12 bits per heavy atom. The molecule has 0 bridgehead atoms. The highest BCUT2D eigenvalue weighted by Crippen LogP contribution is 2.30. The number of fused-ring (bicyclic) bond motifs is 1. The van der Waals surface area contributed by atoms with Gasteiger partial charge in [0.1, 0.15) is 23.5 Å². The second kappa shape index (κ2) is 6.82. The molecule has 0 radical (unpaired) electrons. The average Bonchev–Trinajstić information content (AvgIpc) is 2.96. The summed E-state index contributed by atoms with van der Waals surface area (Å²) in [5.41, 5.74) is 4.82. The first-order valence-electron chi connectivity index (χ1n) is 8.27. The second-order valence-electron chi connectivity index (χ2n) is 6.37. The number of nitriles is 1. The number of anilines is 1. The van der Waals surface area contributed by atoms with Crippen molar-refractivity contribution >= 4 is 17.7 Å². The summed E-state index contributed by atoms with van der Waals surface area (Å²) < 4.78 is 5.68. The fourth-order valence-electron chi connectivity index (χ4n) is 2.92. The first-order valence-corrected chi connectivity index (χ1v) is 8.27. The molecular formula is C21H20N2O2. The Balaban J connectivity index is 1.84. The molecule has 1 heterocycles. The molecule has 25 heavy (non-hydrogen) atoms. The van der Waals surface area contributed by atoms with Gasteiger partial charge in [-0.15, -0.1) is 0 Å². The normalized spacial score (nSPS) is 15.9. The molecule has 2 aromatic carbocycles. The zero-order valence-electron chi connectivity index (χ0n) is 14.6. The van der Waals surface area contributed by atoms with Crippen LogP contribution in [-0.2, 0) is 11.2 Å². The fraction of sp³-hybridized carbons (Fsp3) is 0.238. The minimum atomic E-state index is -0.402. The molecule has 2 aromatic rings. The maximum atomic E-state index is 12.5. The van der Waals surface area contributed by atoms with E-state index in [2.05, 4.69) is 5.32 Å². The highest BCUT2D eigenvalue weighted by Gasteiger charge is 2.19. The first kappa shape index (κ1) is 16.8. The molecule has 1 aliphatic heterocycles. The van der Waals surface area contributed by atoms with Crippen molar-refractivity contribution < 1.29 is 9.53 Å². The number of rotatable bonds is 3. The minimum Gasteiger partial charge on any atom is -0.490 e. The Bertz CT molecular complexity index is 907. The topological polar surface area (TPSA) is 62.1 Å². The summed E-state index contributed by atoms with van der Waals surface area (Å²) in [6, 6.07) is 13.4. The number of hydrogen-bond acceptors (Lipinski definition) is 3. The molecule has 4 heteroatoms. The van der Waals surface area contributed by atoms with Gasteiger partial charge in [-0.05, 0) is 67.3 Å². The van der Waals surface area contributed by atoms with Crippen molar-refractivity contribution in [1.29, 1.82) is 5.26 Å². The third kappa shape index (κ3) is 3.56. The summed E-state index contributed by atoms with van der Waals surface area (Å²) in [6.07, 6.45) is 2.62. The van der Waals surface area contributed by atoms with Gasteiger partial charge in [-0.2, -0.15) is 5.26 Å². The van der Waals surface area contributed by atoms with E-state index in [4.69, 9.17) is 4.74 Å². The van der Waals surface area contributed by atoms with Gasteiger partial charge in [0.2, 0.25) is 0 Å². The van der Waals surface area contributed by atoms with Gasteiger partial charge in [0.05, 0.1) is 0 Å². The molecule has 1 N–H and O–H groups in total. The third-order valence-electron chi connectivity index (χ3n) is 4.45. The van der Waals surface area contributed by atoms with Crippen molar-refractivity contribution in [1.82, 2.24) is 0 Å². The lowest BCUT2D eigenvalue weighted by atomic mass is 10.0. The Labute approximate surface area is 147 Å². The number of carbonyl (C=O) groups is 1. The molecule has 0 saturated carbocycles. The lowest BCUT2D eigenvalue weighted by Gasteiger charge is -2.10. The van der Waals surface area contributed by atoms with Crippen LogP contribution in [0.2, 0.25) is 0 Å². The van der Waals surface area contributed by atoms with Gasteiger partial charge in [-0.1, -0.05) is 18.2 Å². The Morgan fingerprint density at radius 3 is 2.88 bits per heavy atom. The molecule has 0 unspecified atom stereocenters. The Morgan fingerprint density at radius 1 is 1.32 bits per heavy atom. The zero-order valence-corrected chi connectivity index (χ0v) is 14.6. The molecule has 0 saturated heterocycles. The van der Waals surface area contributed by atoms with Crippen LogP contribution in [-0.4, -0.2) is 12.0 Å². The number of amides is 1. The highest BCUT2D eigenvalue weighted by molar-refractivity contribution is 6.10. The van der Waals surface area contributed by atoms with E-state index in [1.165, 1.54) is 0 Å². The van der Waals surface area contributed by atoms with Gasteiger partial charge in [-0.25, -0.2) is 0 Å². The lowest BCUT2D eigenvalue weighted by Crippen LogP contribution is -2.14. The van der Waals surface area contributed by atoms with E-state index in [-0.39, 0.29) is 11.7 Å². The van der Waals surface area contributed by atoms with Crippen LogP contribution in [0.15, 0.2) is 42.0 Å². The Hall–Kier alpha value is -3.06. The minimum absolute atomic E-state index is 0.0767. The molecule has 1 atom stereocenters. The van der Waals surface area contributed by atoms with Crippen molar-refractivity contribution in [3.05, 3.63) is 64.2 Å². The zero-order chi connectivity index (χ0) is 18.0. The van der Waals surface area contributed by atoms with Crippen molar-refractivity contribution in [3.63, 3.8) is 0 Å². The summed E-state index contributed by atoms with van der Waals surface area (Å²) in [5.74, 6) is 0.476. The largest absolute Gasteiger partial charge is 0.490 e. The molecular weight excluding hydrogens is 312 g/mol. The SMILES string of the molecule is Cc1cccc(NC(=O)/C(C#N)=C\c2ccc3c(c2)C[C@@H](C)O3)c1C. The van der Waals surface area contributed by atoms with E-state index < -0.39 is 5.91 Å². The molecule has 126 valence electrons. The van der Waals surface area contributed by atoms with E-state index in [0.717, 1.165) is 40.1 Å². The number of hydrogen-bond donors (Lipinski definition) is 1. The summed E-state index contributed by atoms with van der Waals surface area (Å²) >= 11 is 0. The Kier molecular flexibility index (Phi) is 4.58. The van der Waals surface area contributed by atoms with Gasteiger partial charge >= 0.3 is 0 Å². The number of ether oxygens (including phenoxy) is 1. The van der Waals surface area contributed by atoms with Crippen molar-refractivity contribution in [3.8, 4) is 11.8 Å². The molecule has 0 fully saturated rings. The van der Waals surface area contributed by atoms with Gasteiger partial charge in [0, 0.05) is 12.1 Å². The van der Waals surface area contributed by atoms with E-state index in [1.807, 2.05) is 63.2 Å². The summed E-state index contributed by atoms with van der Waals surface area (Å²) in [4.78, 5) is 12.5. The van der Waals surface area contributed by atoms with Gasteiger partial charge in [-0.3, -0.25) is 4.79 Å². The van der Waals surface area contributed by atoms with Crippen molar-refractivity contribution in [2.75, 3.05) is 5.32 Å². The van der Waals surface area contributed by atoms with E-state index in [1.54, 1.807) is 6.08 Å². The number of benzene rings is 2. The summed E-state index contributed by atoms with van der Waals surface area (Å²) in [6.45, 7) is 5.95. The molecule has 1 aliphatic rings. The second-order valence-corrected chi connectivity index (χ2v) is 6.37. The van der Waals surface area contributed by atoms with Crippen LogP contribution in [0.4, 0.5) is 5.69 Å². The van der Waals surface area contributed by atoms with Crippen molar-refractivity contribution in [2.24, 2.45) is 0 Å². The number of carbonyl (C=O) groups excluding carboxylic acids is 1. The van der Waals surface area contributed by atoms with Crippen LogP contribution in [0.25, 0.3) is 6.08 Å². The number of aryl methyl sites for hydroxylation is 1. The van der Waals surface area contributed by atoms with E-state index in [9.17, 15) is 10.1 Å².